The topological polar surface area (TPSA) is 49.4 Å². The SMILES string of the molecule is CN(C)CCCNS(=O)(=O)c1cccc(Cl)c1. The van der Waals surface area contributed by atoms with E-state index < -0.39 is 10.0 Å². The molecule has 1 N–H and O–H groups in total. The van der Waals surface area contributed by atoms with Crippen LogP contribution in [-0.4, -0.2) is 40.5 Å². The molecule has 0 spiro atoms. The van der Waals surface area contributed by atoms with Crippen molar-refractivity contribution in [2.45, 2.75) is 11.3 Å². The molecule has 0 unspecified atom stereocenters. The zero-order chi connectivity index (χ0) is 12.9. The van der Waals surface area contributed by atoms with Gasteiger partial charge in [0, 0.05) is 11.6 Å². The van der Waals surface area contributed by atoms with Gasteiger partial charge in [-0.1, -0.05) is 17.7 Å². The molecule has 0 atom stereocenters. The highest BCUT2D eigenvalue weighted by Gasteiger charge is 2.13. The second kappa shape index (κ2) is 6.35. The van der Waals surface area contributed by atoms with Gasteiger partial charge in [-0.15, -0.1) is 0 Å². The van der Waals surface area contributed by atoms with Crippen molar-refractivity contribution in [2.75, 3.05) is 27.2 Å². The maximum atomic E-state index is 11.8. The Morgan fingerprint density at radius 1 is 1.35 bits per heavy atom. The fourth-order valence-corrected chi connectivity index (χ4v) is 2.69. The van der Waals surface area contributed by atoms with Crippen molar-refractivity contribution in [3.63, 3.8) is 0 Å². The summed E-state index contributed by atoms with van der Waals surface area (Å²) in [6.07, 6.45) is 0.771. The maximum absolute atomic E-state index is 11.8. The lowest BCUT2D eigenvalue weighted by Crippen LogP contribution is -2.27. The summed E-state index contributed by atoms with van der Waals surface area (Å²) >= 11 is 5.75. The molecule has 0 radical (unpaired) electrons. The molecule has 0 heterocycles. The van der Waals surface area contributed by atoms with Gasteiger partial charge in [-0.25, -0.2) is 13.1 Å². The highest BCUT2D eigenvalue weighted by Crippen LogP contribution is 2.14. The average molecular weight is 277 g/mol. The number of benzene rings is 1. The van der Waals surface area contributed by atoms with Crippen LogP contribution in [0.2, 0.25) is 5.02 Å². The van der Waals surface area contributed by atoms with E-state index in [2.05, 4.69) is 4.72 Å². The lowest BCUT2D eigenvalue weighted by Gasteiger charge is -2.10. The molecule has 0 amide bonds. The van der Waals surface area contributed by atoms with E-state index in [9.17, 15) is 8.42 Å². The van der Waals surface area contributed by atoms with E-state index in [1.807, 2.05) is 19.0 Å². The van der Waals surface area contributed by atoms with Crippen molar-refractivity contribution in [1.82, 2.24) is 9.62 Å². The summed E-state index contributed by atoms with van der Waals surface area (Å²) in [6, 6.07) is 6.24. The molecule has 17 heavy (non-hydrogen) atoms. The highest BCUT2D eigenvalue weighted by molar-refractivity contribution is 7.89. The van der Waals surface area contributed by atoms with Crippen LogP contribution in [0.15, 0.2) is 29.2 Å². The third-order valence-corrected chi connectivity index (χ3v) is 3.87. The van der Waals surface area contributed by atoms with Gasteiger partial charge in [-0.05, 0) is 45.3 Å². The number of hydrogen-bond donors (Lipinski definition) is 1. The van der Waals surface area contributed by atoms with Crippen LogP contribution in [0.3, 0.4) is 0 Å². The summed E-state index contributed by atoms with van der Waals surface area (Å²) < 4.78 is 26.2. The molecule has 4 nitrogen and oxygen atoms in total. The molecule has 0 saturated heterocycles. The van der Waals surface area contributed by atoms with Crippen LogP contribution in [0.4, 0.5) is 0 Å². The van der Waals surface area contributed by atoms with E-state index in [1.54, 1.807) is 12.1 Å². The molecule has 6 heteroatoms. The van der Waals surface area contributed by atoms with E-state index in [0.29, 0.717) is 11.6 Å². The minimum Gasteiger partial charge on any atom is -0.309 e. The molecule has 0 saturated carbocycles. The smallest absolute Gasteiger partial charge is 0.240 e. The molecule has 96 valence electrons. The number of nitrogens with one attached hydrogen (secondary N) is 1. The van der Waals surface area contributed by atoms with Crippen LogP contribution >= 0.6 is 11.6 Å². The van der Waals surface area contributed by atoms with Crippen molar-refractivity contribution in [3.8, 4) is 0 Å². The highest BCUT2D eigenvalue weighted by atomic mass is 35.5. The van der Waals surface area contributed by atoms with Crippen molar-refractivity contribution in [1.29, 1.82) is 0 Å². The lowest BCUT2D eigenvalue weighted by molar-refractivity contribution is 0.400. The van der Waals surface area contributed by atoms with Crippen molar-refractivity contribution in [3.05, 3.63) is 29.3 Å². The molecule has 1 rings (SSSR count). The summed E-state index contributed by atoms with van der Waals surface area (Å²) in [6.45, 7) is 1.27. The molecule has 0 aliphatic heterocycles. The third-order valence-electron chi connectivity index (χ3n) is 2.18. The molecular weight excluding hydrogens is 260 g/mol. The van der Waals surface area contributed by atoms with Crippen LogP contribution in [0.1, 0.15) is 6.42 Å². The fourth-order valence-electron chi connectivity index (χ4n) is 1.32. The van der Waals surface area contributed by atoms with Gasteiger partial charge in [0.15, 0.2) is 0 Å². The largest absolute Gasteiger partial charge is 0.309 e. The van der Waals surface area contributed by atoms with Crippen molar-refractivity contribution < 1.29 is 8.42 Å². The van der Waals surface area contributed by atoms with Crippen LogP contribution in [0, 0.1) is 0 Å². The Bertz CT molecular complexity index is 460. The van der Waals surface area contributed by atoms with Crippen molar-refractivity contribution >= 4 is 21.6 Å². The molecule has 0 aliphatic carbocycles. The molecule has 0 aromatic heterocycles. The zero-order valence-electron chi connectivity index (χ0n) is 9.98. The minimum atomic E-state index is -3.43. The summed E-state index contributed by atoms with van der Waals surface area (Å²) in [5.74, 6) is 0. The molecule has 1 aromatic carbocycles. The van der Waals surface area contributed by atoms with E-state index in [4.69, 9.17) is 11.6 Å². The van der Waals surface area contributed by atoms with Gasteiger partial charge < -0.3 is 4.90 Å². The fraction of sp³-hybridized carbons (Fsp3) is 0.455. The van der Waals surface area contributed by atoms with Crippen LogP contribution in [0.5, 0.6) is 0 Å². The minimum absolute atomic E-state index is 0.204. The van der Waals surface area contributed by atoms with Gasteiger partial charge in [-0.2, -0.15) is 0 Å². The predicted molar refractivity (Wildman–Crippen MR) is 69.8 cm³/mol. The number of hydrogen-bond acceptors (Lipinski definition) is 3. The Labute approximate surface area is 108 Å². The number of nitrogens with zero attached hydrogens (tertiary/aromatic N) is 1. The molecule has 0 fully saturated rings. The summed E-state index contributed by atoms with van der Waals surface area (Å²) in [4.78, 5) is 2.21. The average Bonchev–Trinajstić information content (AvgIpc) is 2.24. The van der Waals surface area contributed by atoms with Gasteiger partial charge in [-0.3, -0.25) is 0 Å². The van der Waals surface area contributed by atoms with Gasteiger partial charge in [0.1, 0.15) is 0 Å². The van der Waals surface area contributed by atoms with Crippen LogP contribution < -0.4 is 4.72 Å². The standard InChI is InChI=1S/C11H17ClN2O2S/c1-14(2)8-4-7-13-17(15,16)11-6-3-5-10(12)9-11/h3,5-6,9,13H,4,7-8H2,1-2H3. The Morgan fingerprint density at radius 2 is 2.06 bits per heavy atom. The van der Waals surface area contributed by atoms with Gasteiger partial charge in [0.2, 0.25) is 10.0 Å². The predicted octanol–water partition coefficient (Wildman–Crippen LogP) is 1.57. The second-order valence-corrected chi connectivity index (χ2v) is 6.22. The van der Waals surface area contributed by atoms with Crippen molar-refractivity contribution in [2.24, 2.45) is 0 Å². The number of rotatable bonds is 6. The number of halogens is 1. The van der Waals surface area contributed by atoms with E-state index in [1.165, 1.54) is 12.1 Å². The first-order valence-electron chi connectivity index (χ1n) is 5.32. The summed E-state index contributed by atoms with van der Waals surface area (Å²) in [5.41, 5.74) is 0. The second-order valence-electron chi connectivity index (χ2n) is 4.01. The van der Waals surface area contributed by atoms with Crippen LogP contribution in [-0.2, 0) is 10.0 Å². The van der Waals surface area contributed by atoms with Gasteiger partial charge in [0.05, 0.1) is 4.90 Å². The van der Waals surface area contributed by atoms with Gasteiger partial charge in [0.25, 0.3) is 0 Å². The quantitative estimate of drug-likeness (QED) is 0.803. The third kappa shape index (κ3) is 5.04. The molecule has 0 aliphatic rings. The molecule has 1 aromatic rings. The summed E-state index contributed by atoms with van der Waals surface area (Å²) in [7, 11) is 0.466. The van der Waals surface area contributed by atoms with E-state index in [0.717, 1.165) is 13.0 Å². The Hall–Kier alpha value is -0.620. The normalized spacial score (nSPS) is 12.0. The maximum Gasteiger partial charge on any atom is 0.240 e. The van der Waals surface area contributed by atoms with Gasteiger partial charge >= 0.3 is 0 Å². The number of sulfonamides is 1. The Kier molecular flexibility index (Phi) is 5.39. The first-order valence-corrected chi connectivity index (χ1v) is 7.18. The first kappa shape index (κ1) is 14.4. The summed E-state index contributed by atoms with van der Waals surface area (Å²) in [5, 5.41) is 0.418. The zero-order valence-corrected chi connectivity index (χ0v) is 11.6. The van der Waals surface area contributed by atoms with Crippen LogP contribution in [0.25, 0.3) is 0 Å². The van der Waals surface area contributed by atoms with E-state index in [-0.39, 0.29) is 4.90 Å². The first-order chi connectivity index (χ1) is 7.92. The van der Waals surface area contributed by atoms with E-state index >= 15 is 0 Å². The Morgan fingerprint density at radius 3 is 2.65 bits per heavy atom. The lowest BCUT2D eigenvalue weighted by atomic mass is 10.4. The molecule has 0 bridgehead atoms. The monoisotopic (exact) mass is 276 g/mol. The molecular formula is C11H17ClN2O2S. The Balaban J connectivity index is 2.57.